The van der Waals surface area contributed by atoms with E-state index in [1.54, 1.807) is 37.3 Å². The van der Waals surface area contributed by atoms with Gasteiger partial charge in [-0.2, -0.15) is 0 Å². The number of nitrogens with one attached hydrogen (secondary N) is 3. The number of piperidine rings is 1. The van der Waals surface area contributed by atoms with Gasteiger partial charge in [-0.05, 0) is 38.9 Å². The lowest BCUT2D eigenvalue weighted by atomic mass is 10.1. The number of aromatic nitrogens is 2. The molecule has 0 radical (unpaired) electrons. The molecule has 0 aliphatic carbocycles. The van der Waals surface area contributed by atoms with Gasteiger partial charge in [-0.15, -0.1) is 0 Å². The SMILES string of the molecule is COc1c(C(=O)NC2CCNCC2)[nH]c2cc(C)n(CC(=O)c3ccccc3)c(=O)c12. The molecule has 0 unspecified atom stereocenters. The van der Waals surface area contributed by atoms with E-state index in [1.807, 2.05) is 6.07 Å². The summed E-state index contributed by atoms with van der Waals surface area (Å²) in [6, 6.07) is 10.7. The lowest BCUT2D eigenvalue weighted by Gasteiger charge is -2.23. The van der Waals surface area contributed by atoms with Crippen LogP contribution in [0.15, 0.2) is 41.2 Å². The maximum absolute atomic E-state index is 13.3. The molecule has 0 saturated carbocycles. The fourth-order valence-electron chi connectivity index (χ4n) is 4.05. The van der Waals surface area contributed by atoms with Crippen LogP contribution < -0.4 is 20.9 Å². The van der Waals surface area contributed by atoms with E-state index >= 15 is 0 Å². The first kappa shape index (κ1) is 20.9. The van der Waals surface area contributed by atoms with Crippen molar-refractivity contribution in [3.05, 3.63) is 63.7 Å². The lowest BCUT2D eigenvalue weighted by molar-refractivity contribution is 0.0921. The molecule has 31 heavy (non-hydrogen) atoms. The van der Waals surface area contributed by atoms with Crippen LogP contribution in [0.3, 0.4) is 0 Å². The van der Waals surface area contributed by atoms with Crippen molar-refractivity contribution in [1.29, 1.82) is 0 Å². The highest BCUT2D eigenvalue weighted by molar-refractivity contribution is 6.03. The number of aryl methyl sites for hydroxylation is 1. The average Bonchev–Trinajstić information content (AvgIpc) is 3.16. The number of H-pyrrole nitrogens is 1. The van der Waals surface area contributed by atoms with Crippen LogP contribution in [0.4, 0.5) is 0 Å². The Labute approximate surface area is 179 Å². The third-order valence-electron chi connectivity index (χ3n) is 5.72. The van der Waals surface area contributed by atoms with Crippen molar-refractivity contribution < 1.29 is 14.3 Å². The number of ketones is 1. The summed E-state index contributed by atoms with van der Waals surface area (Å²) in [5, 5.41) is 6.55. The zero-order valence-corrected chi connectivity index (χ0v) is 17.7. The summed E-state index contributed by atoms with van der Waals surface area (Å²) < 4.78 is 6.89. The third kappa shape index (κ3) is 4.11. The first-order valence-corrected chi connectivity index (χ1v) is 10.4. The number of methoxy groups -OCH3 is 1. The van der Waals surface area contributed by atoms with Crippen LogP contribution >= 0.6 is 0 Å². The van der Waals surface area contributed by atoms with E-state index in [0.717, 1.165) is 25.9 Å². The first-order chi connectivity index (χ1) is 15.0. The van der Waals surface area contributed by atoms with Crippen molar-refractivity contribution in [3.8, 4) is 5.75 Å². The van der Waals surface area contributed by atoms with Gasteiger partial charge in [0.2, 0.25) is 0 Å². The molecule has 8 heteroatoms. The number of rotatable bonds is 6. The molecule has 1 aliphatic heterocycles. The van der Waals surface area contributed by atoms with E-state index in [1.165, 1.54) is 11.7 Å². The van der Waals surface area contributed by atoms with Gasteiger partial charge < -0.3 is 24.9 Å². The number of amides is 1. The van der Waals surface area contributed by atoms with Crippen LogP contribution in [0.5, 0.6) is 5.75 Å². The number of pyridine rings is 1. The number of nitrogens with zero attached hydrogens (tertiary/aromatic N) is 1. The number of ether oxygens (including phenoxy) is 1. The van der Waals surface area contributed by atoms with Crippen molar-refractivity contribution in [2.45, 2.75) is 32.4 Å². The average molecular weight is 422 g/mol. The summed E-state index contributed by atoms with van der Waals surface area (Å²) in [5.41, 5.74) is 1.53. The molecule has 0 bridgehead atoms. The molecule has 0 spiro atoms. The molecule has 4 rings (SSSR count). The van der Waals surface area contributed by atoms with Crippen molar-refractivity contribution >= 4 is 22.6 Å². The molecule has 1 fully saturated rings. The maximum Gasteiger partial charge on any atom is 0.271 e. The minimum absolute atomic E-state index is 0.0757. The van der Waals surface area contributed by atoms with Crippen LogP contribution in [-0.4, -0.2) is 47.5 Å². The van der Waals surface area contributed by atoms with Crippen molar-refractivity contribution in [3.63, 3.8) is 0 Å². The predicted molar refractivity (Wildman–Crippen MR) is 118 cm³/mol. The Morgan fingerprint density at radius 2 is 1.90 bits per heavy atom. The number of fused-ring (bicyclic) bond motifs is 1. The van der Waals surface area contributed by atoms with E-state index in [4.69, 9.17) is 4.74 Å². The van der Waals surface area contributed by atoms with Crippen molar-refractivity contribution in [1.82, 2.24) is 20.2 Å². The van der Waals surface area contributed by atoms with Crippen molar-refractivity contribution in [2.75, 3.05) is 20.2 Å². The van der Waals surface area contributed by atoms with Gasteiger partial charge in [0.1, 0.15) is 11.1 Å². The Kier molecular flexibility index (Phi) is 5.90. The Hall–Kier alpha value is -3.39. The number of Topliss-reactive ketones (excluding diaryl/α,β-unsaturated/α-hetero) is 1. The molecule has 1 aromatic carbocycles. The summed E-state index contributed by atoms with van der Waals surface area (Å²) in [4.78, 5) is 41.9. The predicted octanol–water partition coefficient (Wildman–Crippen LogP) is 2.01. The molecule has 3 aromatic rings. The first-order valence-electron chi connectivity index (χ1n) is 10.4. The molecule has 1 saturated heterocycles. The van der Waals surface area contributed by atoms with Crippen LogP contribution in [0, 0.1) is 6.92 Å². The largest absolute Gasteiger partial charge is 0.493 e. The Morgan fingerprint density at radius 3 is 2.58 bits per heavy atom. The van der Waals surface area contributed by atoms with Gasteiger partial charge in [-0.3, -0.25) is 14.4 Å². The number of hydrogen-bond acceptors (Lipinski definition) is 5. The number of carbonyl (C=O) groups excluding carboxylic acids is 2. The zero-order valence-electron chi connectivity index (χ0n) is 17.7. The second-order valence-electron chi connectivity index (χ2n) is 7.79. The maximum atomic E-state index is 13.3. The zero-order chi connectivity index (χ0) is 22.0. The third-order valence-corrected chi connectivity index (χ3v) is 5.72. The van der Waals surface area contributed by atoms with Crippen LogP contribution in [-0.2, 0) is 6.54 Å². The molecule has 8 nitrogen and oxygen atoms in total. The van der Waals surface area contributed by atoms with E-state index in [2.05, 4.69) is 15.6 Å². The highest BCUT2D eigenvalue weighted by Crippen LogP contribution is 2.28. The van der Waals surface area contributed by atoms with Crippen LogP contribution in [0.2, 0.25) is 0 Å². The van der Waals surface area contributed by atoms with Gasteiger partial charge in [-0.1, -0.05) is 30.3 Å². The van der Waals surface area contributed by atoms with Gasteiger partial charge >= 0.3 is 0 Å². The molecule has 0 atom stereocenters. The Bertz CT molecular complexity index is 1170. The molecular formula is C23H26N4O4. The fourth-order valence-corrected chi connectivity index (χ4v) is 4.05. The second kappa shape index (κ2) is 8.77. The molecule has 162 valence electrons. The summed E-state index contributed by atoms with van der Waals surface area (Å²) in [6.45, 7) is 3.39. The highest BCUT2D eigenvalue weighted by Gasteiger charge is 2.25. The van der Waals surface area contributed by atoms with Gasteiger partial charge in [0.25, 0.3) is 11.5 Å². The second-order valence-corrected chi connectivity index (χ2v) is 7.79. The van der Waals surface area contributed by atoms with E-state index in [9.17, 15) is 14.4 Å². The van der Waals surface area contributed by atoms with Gasteiger partial charge in [-0.25, -0.2) is 0 Å². The summed E-state index contributed by atoms with van der Waals surface area (Å²) in [6.07, 6.45) is 1.70. The minimum Gasteiger partial charge on any atom is -0.493 e. The standard InChI is InChI=1S/C23H26N4O4/c1-14-12-17-19(23(30)27(14)13-18(28)15-6-4-3-5-7-15)21(31-2)20(26-17)22(29)25-16-8-10-24-11-9-16/h3-7,12,16,24,26H,8-11,13H2,1-2H3,(H,25,29). The number of aromatic amines is 1. The molecule has 1 aliphatic rings. The highest BCUT2D eigenvalue weighted by atomic mass is 16.5. The number of hydrogen-bond donors (Lipinski definition) is 3. The minimum atomic E-state index is -0.367. The van der Waals surface area contributed by atoms with E-state index < -0.39 is 0 Å². The number of carbonyl (C=O) groups is 2. The van der Waals surface area contributed by atoms with Crippen molar-refractivity contribution in [2.24, 2.45) is 0 Å². The van der Waals surface area contributed by atoms with Crippen LogP contribution in [0.25, 0.3) is 10.9 Å². The molecule has 2 aromatic heterocycles. The molecular weight excluding hydrogens is 396 g/mol. The smallest absolute Gasteiger partial charge is 0.271 e. The Morgan fingerprint density at radius 1 is 1.19 bits per heavy atom. The quantitative estimate of drug-likeness (QED) is 0.527. The normalized spacial score (nSPS) is 14.5. The molecule has 3 heterocycles. The van der Waals surface area contributed by atoms with Gasteiger partial charge in [0.05, 0.1) is 19.2 Å². The van der Waals surface area contributed by atoms with Crippen LogP contribution in [0.1, 0.15) is 39.4 Å². The topological polar surface area (TPSA) is 105 Å². The van der Waals surface area contributed by atoms with E-state index in [0.29, 0.717) is 16.8 Å². The molecule has 3 N–H and O–H groups in total. The van der Waals surface area contributed by atoms with E-state index in [-0.39, 0.29) is 46.7 Å². The van der Waals surface area contributed by atoms with Gasteiger partial charge in [0.15, 0.2) is 11.5 Å². The monoisotopic (exact) mass is 422 g/mol. The summed E-state index contributed by atoms with van der Waals surface area (Å²) in [7, 11) is 1.43. The van der Waals surface area contributed by atoms with Gasteiger partial charge in [0, 0.05) is 17.3 Å². The number of benzene rings is 1. The fraction of sp³-hybridized carbons (Fsp3) is 0.348. The summed E-state index contributed by atoms with van der Waals surface area (Å²) >= 11 is 0. The molecule has 1 amide bonds. The Balaban J connectivity index is 1.70. The lowest BCUT2D eigenvalue weighted by Crippen LogP contribution is -2.42. The summed E-state index contributed by atoms with van der Waals surface area (Å²) in [5.74, 6) is -0.264.